The number of carboxylic acids is 1. The number of nitrogens with one attached hydrogen (secondary N) is 6. The molecule has 20 heteroatoms. The predicted molar refractivity (Wildman–Crippen MR) is 158 cm³/mol. The third-order valence-corrected chi connectivity index (χ3v) is 6.25. The van der Waals surface area contributed by atoms with E-state index in [2.05, 4.69) is 26.6 Å². The van der Waals surface area contributed by atoms with E-state index >= 15 is 0 Å². The summed E-state index contributed by atoms with van der Waals surface area (Å²) in [6.45, 7) is 3.18. The summed E-state index contributed by atoms with van der Waals surface area (Å²) in [4.78, 5) is 98.3. The topological polar surface area (TPSA) is 342 Å². The molecule has 0 fully saturated rings. The van der Waals surface area contributed by atoms with E-state index < -0.39 is 116 Å². The van der Waals surface area contributed by atoms with Crippen molar-refractivity contribution in [3.8, 4) is 0 Å². The fourth-order valence-electron chi connectivity index (χ4n) is 3.63. The summed E-state index contributed by atoms with van der Waals surface area (Å²) in [6.07, 6.45) is -0.776. The smallest absolute Gasteiger partial charge is 0.328 e. The van der Waals surface area contributed by atoms with Gasteiger partial charge in [-0.1, -0.05) is 13.8 Å². The molecule has 0 aliphatic rings. The number of primary amides is 1. The summed E-state index contributed by atoms with van der Waals surface area (Å²) >= 11 is 0. The van der Waals surface area contributed by atoms with Crippen LogP contribution in [0.1, 0.15) is 47.0 Å². The highest BCUT2D eigenvalue weighted by Gasteiger charge is 2.33. The van der Waals surface area contributed by atoms with Crippen LogP contribution < -0.4 is 43.4 Å². The second-order valence-corrected chi connectivity index (χ2v) is 10.8. The van der Waals surface area contributed by atoms with Gasteiger partial charge in [-0.25, -0.2) is 4.79 Å². The number of rotatable bonds is 21. The highest BCUT2D eigenvalue weighted by Crippen LogP contribution is 2.08. The lowest BCUT2D eigenvalue weighted by atomic mass is 10.0. The van der Waals surface area contributed by atoms with E-state index in [1.807, 2.05) is 5.32 Å². The van der Waals surface area contributed by atoms with Crippen molar-refractivity contribution < 1.29 is 58.8 Å². The maximum absolute atomic E-state index is 13.2. The van der Waals surface area contributed by atoms with Crippen LogP contribution in [0.5, 0.6) is 0 Å². The molecule has 0 bridgehead atoms. The van der Waals surface area contributed by atoms with Gasteiger partial charge in [-0.3, -0.25) is 33.6 Å². The average molecular weight is 663 g/mol. The molecule has 0 saturated heterocycles. The largest absolute Gasteiger partial charge is 0.480 e. The Morgan fingerprint density at radius 3 is 1.37 bits per heavy atom. The van der Waals surface area contributed by atoms with Crippen LogP contribution in [-0.2, 0) is 38.4 Å². The minimum atomic E-state index is -1.72. The van der Waals surface area contributed by atoms with Crippen molar-refractivity contribution >= 4 is 47.3 Å². The van der Waals surface area contributed by atoms with E-state index in [0.29, 0.717) is 0 Å². The van der Waals surface area contributed by atoms with E-state index in [-0.39, 0.29) is 18.8 Å². The molecule has 0 aliphatic carbocycles. The van der Waals surface area contributed by atoms with Crippen molar-refractivity contribution in [3.05, 3.63) is 0 Å². The fourth-order valence-corrected chi connectivity index (χ4v) is 3.63. The first-order chi connectivity index (χ1) is 21.4. The predicted octanol–water partition coefficient (Wildman–Crippen LogP) is -6.36. The molecular formula is C26H46N8O12. The Kier molecular flexibility index (Phi) is 18.6. The van der Waals surface area contributed by atoms with Crippen LogP contribution in [0.4, 0.5) is 0 Å². The Balaban J connectivity index is 5.73. The Morgan fingerprint density at radius 1 is 0.565 bits per heavy atom. The summed E-state index contributed by atoms with van der Waals surface area (Å²) in [5.41, 5.74) is 10.6. The van der Waals surface area contributed by atoms with E-state index in [4.69, 9.17) is 16.6 Å². The first-order valence-corrected chi connectivity index (χ1v) is 14.3. The van der Waals surface area contributed by atoms with Gasteiger partial charge in [-0.15, -0.1) is 0 Å². The van der Waals surface area contributed by atoms with Crippen LogP contribution in [0, 0.1) is 5.92 Å². The van der Waals surface area contributed by atoms with Crippen LogP contribution in [0.3, 0.4) is 0 Å². The molecule has 0 radical (unpaired) electrons. The number of hydrogen-bond acceptors (Lipinski definition) is 12. The molecule has 0 rings (SSSR count). The van der Waals surface area contributed by atoms with Gasteiger partial charge in [0.15, 0.2) is 0 Å². The Bertz CT molecular complexity index is 1100. The Hall–Kier alpha value is -4.40. The molecule has 46 heavy (non-hydrogen) atoms. The van der Waals surface area contributed by atoms with Crippen LogP contribution in [0.25, 0.3) is 0 Å². The molecule has 14 N–H and O–H groups in total. The maximum Gasteiger partial charge on any atom is 0.328 e. The number of aliphatic carboxylic acids is 1. The van der Waals surface area contributed by atoms with E-state index in [0.717, 1.165) is 0 Å². The molecule has 262 valence electrons. The lowest BCUT2D eigenvalue weighted by Gasteiger charge is -2.27. The number of amides is 7. The normalized spacial score (nSPS) is 15.5. The maximum atomic E-state index is 13.2. The first-order valence-electron chi connectivity index (χ1n) is 14.3. The summed E-state index contributed by atoms with van der Waals surface area (Å²) in [6, 6.07) is -9.99. The molecule has 7 atom stereocenters. The second-order valence-electron chi connectivity index (χ2n) is 10.8. The van der Waals surface area contributed by atoms with E-state index in [9.17, 15) is 53.7 Å². The number of aliphatic hydroxyl groups excluding tert-OH is 3. The van der Waals surface area contributed by atoms with Crippen LogP contribution >= 0.6 is 0 Å². The van der Waals surface area contributed by atoms with Gasteiger partial charge in [0.2, 0.25) is 41.4 Å². The fraction of sp³-hybridized carbons (Fsp3) is 0.692. The van der Waals surface area contributed by atoms with Crippen molar-refractivity contribution in [2.75, 3.05) is 19.8 Å². The molecule has 0 aliphatic heterocycles. The summed E-state index contributed by atoms with van der Waals surface area (Å²) in [5, 5.41) is 51.0. The lowest BCUT2D eigenvalue weighted by molar-refractivity contribution is -0.143. The molecule has 0 aromatic carbocycles. The summed E-state index contributed by atoms with van der Waals surface area (Å²) in [7, 11) is 0. The first kappa shape index (κ1) is 41.6. The number of nitrogens with two attached hydrogens (primary N) is 2. The van der Waals surface area contributed by atoms with Crippen LogP contribution in [0.15, 0.2) is 0 Å². The molecule has 7 amide bonds. The molecule has 0 aromatic rings. The van der Waals surface area contributed by atoms with E-state index in [1.54, 1.807) is 13.8 Å². The molecule has 0 aromatic heterocycles. The Labute approximate surface area is 264 Å². The lowest BCUT2D eigenvalue weighted by Crippen LogP contribution is -2.61. The number of hydrogen-bond donors (Lipinski definition) is 12. The van der Waals surface area contributed by atoms with Crippen molar-refractivity contribution in [2.24, 2.45) is 17.4 Å². The minimum Gasteiger partial charge on any atom is -0.480 e. The van der Waals surface area contributed by atoms with Crippen LogP contribution in [0.2, 0.25) is 0 Å². The Morgan fingerprint density at radius 2 is 0.957 bits per heavy atom. The molecule has 0 saturated carbocycles. The number of aliphatic hydroxyl groups is 3. The third-order valence-electron chi connectivity index (χ3n) is 6.25. The molecule has 0 unspecified atom stereocenters. The molecule has 20 nitrogen and oxygen atoms in total. The highest BCUT2D eigenvalue weighted by atomic mass is 16.4. The SMILES string of the molecule is CC(C)C[C@H](NC(=O)[C@H](CO)NC(=O)[C@H](CO)NC(=O)[C@H](C)NC(=O)[C@H](C)N)C(=O)N[C@@H](CCC(N)=O)C(=O)N[C@@H](CO)C(=O)O. The monoisotopic (exact) mass is 662 g/mol. The molecular weight excluding hydrogens is 616 g/mol. The van der Waals surface area contributed by atoms with Crippen molar-refractivity contribution in [2.45, 2.75) is 89.3 Å². The average Bonchev–Trinajstić information content (AvgIpc) is 2.97. The zero-order chi connectivity index (χ0) is 35.7. The standard InChI is InChI=1S/C26H46N8O12/c1-11(2)7-15(23(42)30-14(5-6-19(28)38)22(41)34-18(10-37)26(45)46)31-24(43)17(9-36)33-25(44)16(8-35)32-21(40)13(4)29-20(39)12(3)27/h11-18,35-37H,5-10,27H2,1-4H3,(H2,28,38)(H,29,39)(H,30,42)(H,31,43)(H,32,40)(H,33,44)(H,34,41)(H,45,46)/t12-,13-,14-,15-,16-,17-,18-/m0/s1. The van der Waals surface area contributed by atoms with Gasteiger partial charge in [0.25, 0.3) is 0 Å². The number of carbonyl (C=O) groups excluding carboxylic acids is 7. The van der Waals surface area contributed by atoms with Crippen LogP contribution in [-0.4, -0.2) is 130 Å². The van der Waals surface area contributed by atoms with Gasteiger partial charge in [-0.05, 0) is 32.6 Å². The second kappa shape index (κ2) is 20.6. The number of carbonyl (C=O) groups is 8. The zero-order valence-corrected chi connectivity index (χ0v) is 26.1. The van der Waals surface area contributed by atoms with E-state index in [1.165, 1.54) is 13.8 Å². The summed E-state index contributed by atoms with van der Waals surface area (Å²) in [5.74, 6) is -8.33. The number of carboxylic acid groups (broad SMARTS) is 1. The zero-order valence-electron chi connectivity index (χ0n) is 26.1. The van der Waals surface area contributed by atoms with Gasteiger partial charge in [0, 0.05) is 6.42 Å². The third kappa shape index (κ3) is 15.1. The van der Waals surface area contributed by atoms with Crippen molar-refractivity contribution in [3.63, 3.8) is 0 Å². The van der Waals surface area contributed by atoms with Crippen molar-refractivity contribution in [1.29, 1.82) is 0 Å². The highest BCUT2D eigenvalue weighted by molar-refractivity contribution is 5.97. The van der Waals surface area contributed by atoms with Gasteiger partial charge in [0.1, 0.15) is 36.3 Å². The quantitative estimate of drug-likeness (QED) is 0.0545. The minimum absolute atomic E-state index is 0.0252. The molecule has 0 spiro atoms. The van der Waals surface area contributed by atoms with Gasteiger partial charge < -0.3 is 63.8 Å². The van der Waals surface area contributed by atoms with Gasteiger partial charge in [0.05, 0.1) is 25.9 Å². The van der Waals surface area contributed by atoms with Crippen molar-refractivity contribution in [1.82, 2.24) is 31.9 Å². The molecule has 0 heterocycles. The van der Waals surface area contributed by atoms with Gasteiger partial charge >= 0.3 is 5.97 Å². The summed E-state index contributed by atoms with van der Waals surface area (Å²) < 4.78 is 0. The van der Waals surface area contributed by atoms with Gasteiger partial charge in [-0.2, -0.15) is 0 Å².